The van der Waals surface area contributed by atoms with Gasteiger partial charge in [-0.2, -0.15) is 0 Å². The Kier molecular flexibility index (Phi) is 60.6. The van der Waals surface area contributed by atoms with Crippen LogP contribution in [-0.2, 0) is 65.4 Å². The zero-order valence-electron chi connectivity index (χ0n) is 58.6. The van der Waals surface area contributed by atoms with Crippen LogP contribution in [0.1, 0.15) is 357 Å². The molecule has 0 spiro atoms. The third-order valence-corrected chi connectivity index (χ3v) is 19.0. The number of carbonyl (C=O) groups excluding carboxylic acids is 4. The number of hydrogen-bond donors (Lipinski definition) is 3. The van der Waals surface area contributed by atoms with Crippen molar-refractivity contribution in [1.29, 1.82) is 0 Å². The first-order chi connectivity index (χ1) is 43.3. The predicted molar refractivity (Wildman–Crippen MR) is 363 cm³/mol. The lowest BCUT2D eigenvalue weighted by molar-refractivity contribution is -0.161. The van der Waals surface area contributed by atoms with Crippen molar-refractivity contribution in [2.75, 3.05) is 39.6 Å². The second kappa shape index (κ2) is 61.9. The number of unbranched alkanes of at least 4 members (excludes halogenated alkanes) is 35. The molecule has 0 radical (unpaired) electrons. The largest absolute Gasteiger partial charge is 0.472 e. The van der Waals surface area contributed by atoms with E-state index in [2.05, 4.69) is 48.5 Å². The number of hydrogen-bond acceptors (Lipinski definition) is 15. The van der Waals surface area contributed by atoms with E-state index in [4.69, 9.17) is 37.0 Å². The van der Waals surface area contributed by atoms with Gasteiger partial charge in [-0.05, 0) is 43.4 Å². The van der Waals surface area contributed by atoms with Crippen LogP contribution in [0.25, 0.3) is 0 Å². The van der Waals surface area contributed by atoms with Crippen LogP contribution < -0.4 is 0 Å². The third-order valence-electron chi connectivity index (χ3n) is 17.1. The number of phosphoric ester groups is 2. The highest BCUT2D eigenvalue weighted by Gasteiger charge is 2.30. The smallest absolute Gasteiger partial charge is 0.462 e. The highest BCUT2D eigenvalue weighted by Crippen LogP contribution is 2.45. The number of phosphoric acid groups is 2. The Hall–Kier alpha value is -1.94. The molecule has 0 rings (SSSR count). The van der Waals surface area contributed by atoms with Crippen LogP contribution in [0, 0.1) is 17.8 Å². The van der Waals surface area contributed by atoms with Gasteiger partial charge >= 0.3 is 39.5 Å². The van der Waals surface area contributed by atoms with Crippen LogP contribution >= 0.6 is 15.6 Å². The second-order valence-electron chi connectivity index (χ2n) is 26.6. The molecule has 17 nitrogen and oxygen atoms in total. The molecule has 7 atom stereocenters. The minimum absolute atomic E-state index is 0.102. The zero-order chi connectivity index (χ0) is 66.6. The van der Waals surface area contributed by atoms with Gasteiger partial charge in [0.25, 0.3) is 0 Å². The topological polar surface area (TPSA) is 237 Å². The molecule has 0 fully saturated rings. The van der Waals surface area contributed by atoms with Gasteiger partial charge in [0.05, 0.1) is 26.4 Å². The van der Waals surface area contributed by atoms with Crippen LogP contribution in [0.5, 0.6) is 0 Å². The second-order valence-corrected chi connectivity index (χ2v) is 29.5. The Morgan fingerprint density at radius 1 is 0.322 bits per heavy atom. The number of ether oxygens (including phenoxy) is 4. The molecular weight excluding hydrogens is 1190 g/mol. The Balaban J connectivity index is 5.24. The molecule has 0 saturated carbocycles. The summed E-state index contributed by atoms with van der Waals surface area (Å²) in [4.78, 5) is 72.6. The average Bonchev–Trinajstić information content (AvgIpc) is 3.64. The molecule has 0 aromatic carbocycles. The van der Waals surface area contributed by atoms with Crippen LogP contribution in [0.15, 0.2) is 0 Å². The van der Waals surface area contributed by atoms with E-state index in [9.17, 15) is 43.2 Å². The number of carbonyl (C=O) groups is 4. The number of aliphatic hydroxyl groups excluding tert-OH is 1. The lowest BCUT2D eigenvalue weighted by atomic mass is 10.00. The van der Waals surface area contributed by atoms with Crippen molar-refractivity contribution in [2.24, 2.45) is 17.8 Å². The van der Waals surface area contributed by atoms with Crippen molar-refractivity contribution >= 4 is 39.5 Å². The van der Waals surface area contributed by atoms with E-state index in [1.807, 2.05) is 0 Å². The molecule has 3 N–H and O–H groups in total. The fraction of sp³-hybridized carbons (Fsp3) is 0.944. The normalized spacial score (nSPS) is 14.8. The van der Waals surface area contributed by atoms with E-state index in [1.165, 1.54) is 161 Å². The minimum atomic E-state index is -4.95. The number of aliphatic hydroxyl groups is 1. The summed E-state index contributed by atoms with van der Waals surface area (Å²) in [7, 11) is -9.90. The number of rotatable bonds is 69. The molecule has 534 valence electrons. The molecule has 0 saturated heterocycles. The third kappa shape index (κ3) is 62.2. The minimum Gasteiger partial charge on any atom is -0.462 e. The molecular formula is C71H138O17P2. The summed E-state index contributed by atoms with van der Waals surface area (Å²) in [6.07, 6.45) is 45.8. The zero-order valence-corrected chi connectivity index (χ0v) is 60.4. The Bertz CT molecular complexity index is 1770. The maximum absolute atomic E-state index is 13.0. The van der Waals surface area contributed by atoms with Crippen molar-refractivity contribution in [3.8, 4) is 0 Å². The summed E-state index contributed by atoms with van der Waals surface area (Å²) < 4.78 is 68.3. The van der Waals surface area contributed by atoms with E-state index < -0.39 is 97.5 Å². The van der Waals surface area contributed by atoms with E-state index >= 15 is 0 Å². The molecule has 0 aliphatic rings. The Labute approximate surface area is 549 Å². The van der Waals surface area contributed by atoms with Gasteiger partial charge < -0.3 is 33.8 Å². The van der Waals surface area contributed by atoms with Crippen LogP contribution in [0.2, 0.25) is 0 Å². The van der Waals surface area contributed by atoms with Gasteiger partial charge in [-0.3, -0.25) is 37.3 Å². The SMILES string of the molecule is CCCCCCCCCCCCCCCC(=O)OC[C@H](COP(=O)(O)OC[C@@H](O)COP(=O)(O)OC[C@@H](COC(=O)CCCCCCCCC(C)CC)OC(=O)CCCCCCCCC(C)CC)OC(=O)CCCCCCCCCCCCCCCCC(C)C. The fourth-order valence-corrected chi connectivity index (χ4v) is 12.2. The Morgan fingerprint density at radius 2 is 0.567 bits per heavy atom. The summed E-state index contributed by atoms with van der Waals surface area (Å²) in [6, 6.07) is 0. The van der Waals surface area contributed by atoms with Gasteiger partial charge in [0.2, 0.25) is 0 Å². The van der Waals surface area contributed by atoms with Gasteiger partial charge in [-0.1, -0.05) is 305 Å². The summed E-state index contributed by atoms with van der Waals surface area (Å²) in [5, 5.41) is 10.6. The first-order valence-electron chi connectivity index (χ1n) is 36.9. The molecule has 4 unspecified atom stereocenters. The molecule has 19 heteroatoms. The van der Waals surface area contributed by atoms with Crippen LogP contribution in [-0.4, -0.2) is 96.7 Å². The summed E-state index contributed by atoms with van der Waals surface area (Å²) >= 11 is 0. The van der Waals surface area contributed by atoms with Crippen LogP contribution in [0.4, 0.5) is 0 Å². The Morgan fingerprint density at radius 3 is 0.844 bits per heavy atom. The quantitative estimate of drug-likeness (QED) is 0.0222. The van der Waals surface area contributed by atoms with E-state index in [0.29, 0.717) is 25.7 Å². The molecule has 0 amide bonds. The van der Waals surface area contributed by atoms with Crippen LogP contribution in [0.3, 0.4) is 0 Å². The molecule has 0 aromatic heterocycles. The molecule has 0 bridgehead atoms. The van der Waals surface area contributed by atoms with E-state index in [1.54, 1.807) is 0 Å². The molecule has 0 aromatic rings. The van der Waals surface area contributed by atoms with Gasteiger partial charge in [0.1, 0.15) is 19.3 Å². The molecule has 90 heavy (non-hydrogen) atoms. The summed E-state index contributed by atoms with van der Waals surface area (Å²) in [5.74, 6) is 0.118. The van der Waals surface area contributed by atoms with Crippen molar-refractivity contribution in [3.63, 3.8) is 0 Å². The monoisotopic (exact) mass is 1320 g/mol. The average molecular weight is 1330 g/mol. The fourth-order valence-electron chi connectivity index (χ4n) is 10.7. The highest BCUT2D eigenvalue weighted by atomic mass is 31.2. The maximum Gasteiger partial charge on any atom is 0.472 e. The first-order valence-corrected chi connectivity index (χ1v) is 39.9. The van der Waals surface area contributed by atoms with Gasteiger partial charge in [0.15, 0.2) is 12.2 Å². The van der Waals surface area contributed by atoms with Gasteiger partial charge in [-0.25, -0.2) is 9.13 Å². The highest BCUT2D eigenvalue weighted by molar-refractivity contribution is 7.47. The van der Waals surface area contributed by atoms with E-state index in [-0.39, 0.29) is 25.7 Å². The molecule has 0 heterocycles. The van der Waals surface area contributed by atoms with Gasteiger partial charge in [-0.15, -0.1) is 0 Å². The molecule has 0 aliphatic carbocycles. The molecule has 0 aliphatic heterocycles. The van der Waals surface area contributed by atoms with Crippen molar-refractivity contribution in [1.82, 2.24) is 0 Å². The van der Waals surface area contributed by atoms with Crippen molar-refractivity contribution in [2.45, 2.75) is 375 Å². The lowest BCUT2D eigenvalue weighted by Crippen LogP contribution is -2.30. The standard InChI is InChI=1S/C71H138O17P2/c1-8-11-12-13-14-15-16-19-23-26-29-38-45-52-68(73)81-58-66(87-70(75)54-47-40-30-27-24-21-18-17-20-22-25-28-35-42-49-62(4)5)60-85-89(77,78)83-56-65(72)57-84-90(79,80)86-61-67(88-71(76)55-48-41-34-32-37-44-51-64(7)10-3)59-82-69(74)53-46-39-33-31-36-43-50-63(6)9-2/h62-67,72H,8-61H2,1-7H3,(H,77,78)(H,79,80)/t63?,64?,65-,66-,67-/m1/s1. The predicted octanol–water partition coefficient (Wildman–Crippen LogP) is 20.2. The van der Waals surface area contributed by atoms with E-state index in [0.717, 1.165) is 114 Å². The van der Waals surface area contributed by atoms with Crippen molar-refractivity contribution in [3.05, 3.63) is 0 Å². The first kappa shape index (κ1) is 88.1. The van der Waals surface area contributed by atoms with Gasteiger partial charge in [0, 0.05) is 25.7 Å². The van der Waals surface area contributed by atoms with Crippen molar-refractivity contribution < 1.29 is 80.2 Å². The number of esters is 4. The summed E-state index contributed by atoms with van der Waals surface area (Å²) in [6.45, 7) is 11.8. The summed E-state index contributed by atoms with van der Waals surface area (Å²) in [5.41, 5.74) is 0. The lowest BCUT2D eigenvalue weighted by Gasteiger charge is -2.21. The maximum atomic E-state index is 13.0.